The molecule has 1 aliphatic rings. The van der Waals surface area contributed by atoms with Crippen LogP contribution >= 0.6 is 15.9 Å². The molecule has 82 valence electrons. The second kappa shape index (κ2) is 4.45. The highest BCUT2D eigenvalue weighted by molar-refractivity contribution is 9.10. The second-order valence-electron chi connectivity index (χ2n) is 3.86. The van der Waals surface area contributed by atoms with E-state index in [0.29, 0.717) is 10.5 Å². The highest BCUT2D eigenvalue weighted by Crippen LogP contribution is 2.08. The van der Waals surface area contributed by atoms with Gasteiger partial charge in [-0.05, 0) is 42.2 Å². The van der Waals surface area contributed by atoms with Crippen molar-refractivity contribution in [2.75, 3.05) is 6.54 Å². The minimum atomic E-state index is 0.0104. The number of hydrogen-bond acceptors (Lipinski definition) is 3. The van der Waals surface area contributed by atoms with E-state index >= 15 is 0 Å². The van der Waals surface area contributed by atoms with Gasteiger partial charge in [-0.15, -0.1) is 0 Å². The van der Waals surface area contributed by atoms with Crippen LogP contribution in [0.3, 0.4) is 0 Å². The van der Waals surface area contributed by atoms with E-state index < -0.39 is 0 Å². The predicted octanol–water partition coefficient (Wildman–Crippen LogP) is 1.07. The summed E-state index contributed by atoms with van der Waals surface area (Å²) in [6.45, 7) is 3.64. The summed E-state index contributed by atoms with van der Waals surface area (Å²) in [5.41, 5.74) is 0.0104. The van der Waals surface area contributed by atoms with Gasteiger partial charge in [0.1, 0.15) is 10.3 Å². The number of halogens is 1. The highest BCUT2D eigenvalue weighted by Gasteiger charge is 2.16. The van der Waals surface area contributed by atoms with Crippen LogP contribution in [-0.2, 0) is 6.54 Å². The molecule has 0 spiro atoms. The molecule has 0 amide bonds. The van der Waals surface area contributed by atoms with Crippen LogP contribution in [0.25, 0.3) is 0 Å². The molecule has 1 fully saturated rings. The van der Waals surface area contributed by atoms with Gasteiger partial charge < -0.3 is 5.32 Å². The SMILES string of the molecule is Cc1ncc(Br)c(=O)n1CC1CCCN1. The lowest BCUT2D eigenvalue weighted by Gasteiger charge is -2.14. The van der Waals surface area contributed by atoms with Crippen LogP contribution in [0, 0.1) is 6.92 Å². The van der Waals surface area contributed by atoms with Crippen molar-refractivity contribution in [1.29, 1.82) is 0 Å². The van der Waals surface area contributed by atoms with Crippen molar-refractivity contribution >= 4 is 15.9 Å². The highest BCUT2D eigenvalue weighted by atomic mass is 79.9. The first-order valence-electron chi connectivity index (χ1n) is 5.14. The Morgan fingerprint density at radius 2 is 2.53 bits per heavy atom. The van der Waals surface area contributed by atoms with E-state index in [2.05, 4.69) is 26.2 Å². The van der Waals surface area contributed by atoms with Crippen LogP contribution in [0.4, 0.5) is 0 Å². The van der Waals surface area contributed by atoms with E-state index in [1.54, 1.807) is 10.8 Å². The molecular weight excluding hydrogens is 258 g/mol. The number of nitrogens with zero attached hydrogens (tertiary/aromatic N) is 2. The lowest BCUT2D eigenvalue weighted by Crippen LogP contribution is -2.34. The quantitative estimate of drug-likeness (QED) is 0.876. The second-order valence-corrected chi connectivity index (χ2v) is 4.72. The Hall–Kier alpha value is -0.680. The maximum Gasteiger partial charge on any atom is 0.267 e. The third-order valence-electron chi connectivity index (χ3n) is 2.77. The predicted molar refractivity (Wildman–Crippen MR) is 62.0 cm³/mol. The van der Waals surface area contributed by atoms with Crippen molar-refractivity contribution in [1.82, 2.24) is 14.9 Å². The zero-order valence-electron chi connectivity index (χ0n) is 8.66. The molecule has 1 aromatic rings. The summed E-state index contributed by atoms with van der Waals surface area (Å²) < 4.78 is 2.26. The molecule has 5 heteroatoms. The van der Waals surface area contributed by atoms with Crippen LogP contribution < -0.4 is 10.9 Å². The van der Waals surface area contributed by atoms with Crippen LogP contribution in [0.1, 0.15) is 18.7 Å². The topological polar surface area (TPSA) is 46.9 Å². The average molecular weight is 272 g/mol. The number of rotatable bonds is 2. The van der Waals surface area contributed by atoms with Crippen molar-refractivity contribution in [3.63, 3.8) is 0 Å². The first kappa shape index (κ1) is 10.8. The zero-order valence-corrected chi connectivity index (χ0v) is 10.2. The summed E-state index contributed by atoms with van der Waals surface area (Å²) in [5.74, 6) is 0.775. The van der Waals surface area contributed by atoms with Gasteiger partial charge in [0.25, 0.3) is 5.56 Å². The summed E-state index contributed by atoms with van der Waals surface area (Å²) in [4.78, 5) is 16.0. The van der Waals surface area contributed by atoms with E-state index in [-0.39, 0.29) is 5.56 Å². The number of nitrogens with one attached hydrogen (secondary N) is 1. The van der Waals surface area contributed by atoms with Gasteiger partial charge in [-0.25, -0.2) is 4.98 Å². The molecular formula is C10H14BrN3O. The Labute approximate surface area is 96.8 Å². The molecule has 15 heavy (non-hydrogen) atoms. The summed E-state index contributed by atoms with van der Waals surface area (Å²) in [7, 11) is 0. The van der Waals surface area contributed by atoms with Gasteiger partial charge in [0.2, 0.25) is 0 Å². The largest absolute Gasteiger partial charge is 0.312 e. The minimum absolute atomic E-state index is 0.0104. The standard InChI is InChI=1S/C10H14BrN3O/c1-7-13-5-9(11)10(15)14(7)6-8-3-2-4-12-8/h5,8,12H,2-4,6H2,1H3. The molecule has 1 aliphatic heterocycles. The fourth-order valence-corrected chi connectivity index (χ4v) is 2.22. The van der Waals surface area contributed by atoms with Crippen molar-refractivity contribution in [3.8, 4) is 0 Å². The average Bonchev–Trinajstić information content (AvgIpc) is 2.71. The molecule has 1 N–H and O–H groups in total. The molecule has 0 saturated carbocycles. The molecule has 1 aromatic heterocycles. The van der Waals surface area contributed by atoms with E-state index in [1.807, 2.05) is 6.92 Å². The molecule has 0 aliphatic carbocycles. The maximum atomic E-state index is 11.8. The van der Waals surface area contributed by atoms with Crippen LogP contribution in [0.2, 0.25) is 0 Å². The van der Waals surface area contributed by atoms with Gasteiger partial charge in [-0.1, -0.05) is 0 Å². The number of hydrogen-bond donors (Lipinski definition) is 1. The van der Waals surface area contributed by atoms with E-state index in [4.69, 9.17) is 0 Å². The molecule has 1 atom stereocenters. The molecule has 2 rings (SSSR count). The van der Waals surface area contributed by atoms with Crippen molar-refractivity contribution in [2.24, 2.45) is 0 Å². The van der Waals surface area contributed by atoms with Crippen LogP contribution in [-0.4, -0.2) is 22.1 Å². The fraction of sp³-hybridized carbons (Fsp3) is 0.600. The first-order chi connectivity index (χ1) is 7.18. The third kappa shape index (κ3) is 2.29. The Morgan fingerprint density at radius 3 is 3.20 bits per heavy atom. The number of aromatic nitrogens is 2. The van der Waals surface area contributed by atoms with Gasteiger partial charge in [0.15, 0.2) is 0 Å². The lowest BCUT2D eigenvalue weighted by molar-refractivity contribution is 0.484. The van der Waals surface area contributed by atoms with Crippen molar-refractivity contribution < 1.29 is 0 Å². The normalized spacial score (nSPS) is 20.8. The molecule has 0 aromatic carbocycles. The smallest absolute Gasteiger partial charge is 0.267 e. The van der Waals surface area contributed by atoms with Gasteiger partial charge >= 0.3 is 0 Å². The summed E-state index contributed by atoms with van der Waals surface area (Å²) >= 11 is 3.21. The maximum absolute atomic E-state index is 11.8. The van der Waals surface area contributed by atoms with Crippen LogP contribution in [0.5, 0.6) is 0 Å². The first-order valence-corrected chi connectivity index (χ1v) is 5.93. The molecule has 0 bridgehead atoms. The summed E-state index contributed by atoms with van der Waals surface area (Å²) in [5, 5.41) is 3.38. The van der Waals surface area contributed by atoms with Crippen LogP contribution in [0.15, 0.2) is 15.5 Å². The van der Waals surface area contributed by atoms with Gasteiger partial charge in [0.05, 0.1) is 0 Å². The lowest BCUT2D eigenvalue weighted by atomic mass is 10.2. The third-order valence-corrected chi connectivity index (χ3v) is 3.31. The molecule has 1 saturated heterocycles. The number of aryl methyl sites for hydroxylation is 1. The Balaban J connectivity index is 2.26. The van der Waals surface area contributed by atoms with E-state index in [1.165, 1.54) is 6.42 Å². The molecule has 0 radical (unpaired) electrons. The summed E-state index contributed by atoms with van der Waals surface area (Å²) in [6.07, 6.45) is 3.90. The molecule has 1 unspecified atom stereocenters. The van der Waals surface area contributed by atoms with Gasteiger partial charge in [-0.2, -0.15) is 0 Å². The van der Waals surface area contributed by atoms with Gasteiger partial charge in [0, 0.05) is 18.8 Å². The molecule has 2 heterocycles. The zero-order chi connectivity index (χ0) is 10.8. The molecule has 4 nitrogen and oxygen atoms in total. The Morgan fingerprint density at radius 1 is 1.73 bits per heavy atom. The van der Waals surface area contributed by atoms with Crippen molar-refractivity contribution in [2.45, 2.75) is 32.4 Å². The Kier molecular flexibility index (Phi) is 3.21. The van der Waals surface area contributed by atoms with E-state index in [9.17, 15) is 4.79 Å². The van der Waals surface area contributed by atoms with Crippen molar-refractivity contribution in [3.05, 3.63) is 26.8 Å². The summed E-state index contributed by atoms with van der Waals surface area (Å²) in [6, 6.07) is 0.414. The fourth-order valence-electron chi connectivity index (χ4n) is 1.90. The minimum Gasteiger partial charge on any atom is -0.312 e. The monoisotopic (exact) mass is 271 g/mol. The van der Waals surface area contributed by atoms with E-state index in [0.717, 1.165) is 25.3 Å². The Bertz CT molecular complexity index is 410. The van der Waals surface area contributed by atoms with Gasteiger partial charge in [-0.3, -0.25) is 9.36 Å².